The first-order valence-corrected chi connectivity index (χ1v) is 6.02. The Morgan fingerprint density at radius 1 is 1.15 bits per heavy atom. The quantitative estimate of drug-likeness (QED) is 0.892. The molecule has 0 spiro atoms. The van der Waals surface area contributed by atoms with Crippen molar-refractivity contribution in [2.24, 2.45) is 0 Å². The highest BCUT2D eigenvalue weighted by Gasteiger charge is 2.11. The molecule has 104 valence electrons. The average Bonchev–Trinajstić information content (AvgIpc) is 2.41. The fraction of sp³-hybridized carbons (Fsp3) is 0.133. The lowest BCUT2D eigenvalue weighted by molar-refractivity contribution is 0.0697. The van der Waals surface area contributed by atoms with Gasteiger partial charge in [0.05, 0.1) is 11.3 Å². The molecule has 0 aliphatic heterocycles. The van der Waals surface area contributed by atoms with E-state index in [1.807, 2.05) is 0 Å². The number of hydrogen-bond donors (Lipinski definition) is 2. The van der Waals surface area contributed by atoms with Gasteiger partial charge in [0, 0.05) is 6.04 Å². The third-order valence-corrected chi connectivity index (χ3v) is 2.96. The molecule has 0 aliphatic rings. The number of anilines is 1. The molecule has 0 amide bonds. The molecule has 0 aromatic heterocycles. The van der Waals surface area contributed by atoms with Crippen LogP contribution >= 0.6 is 0 Å². The van der Waals surface area contributed by atoms with Gasteiger partial charge in [0.25, 0.3) is 0 Å². The van der Waals surface area contributed by atoms with Gasteiger partial charge in [-0.2, -0.15) is 0 Å². The molecular formula is C15H13F2NO2. The molecule has 3 nitrogen and oxygen atoms in total. The number of carboxylic acid groups (broad SMARTS) is 1. The number of nitrogens with one attached hydrogen (secondary N) is 1. The van der Waals surface area contributed by atoms with Crippen LogP contribution in [-0.2, 0) is 0 Å². The van der Waals surface area contributed by atoms with Crippen molar-refractivity contribution in [3.63, 3.8) is 0 Å². The molecule has 2 rings (SSSR count). The minimum atomic E-state index is -1.12. The molecule has 20 heavy (non-hydrogen) atoms. The van der Waals surface area contributed by atoms with E-state index in [0.29, 0.717) is 0 Å². The van der Waals surface area contributed by atoms with Crippen LogP contribution in [-0.4, -0.2) is 11.1 Å². The van der Waals surface area contributed by atoms with Crippen LogP contribution in [0.1, 0.15) is 28.9 Å². The summed E-state index contributed by atoms with van der Waals surface area (Å²) in [7, 11) is 0. The molecular weight excluding hydrogens is 264 g/mol. The fourth-order valence-electron chi connectivity index (χ4n) is 1.84. The lowest BCUT2D eigenvalue weighted by Gasteiger charge is -2.16. The maximum Gasteiger partial charge on any atom is 0.335 e. The van der Waals surface area contributed by atoms with Gasteiger partial charge in [-0.25, -0.2) is 13.6 Å². The van der Waals surface area contributed by atoms with Crippen molar-refractivity contribution in [2.45, 2.75) is 13.0 Å². The minimum absolute atomic E-state index is 0.000191. The Balaban J connectivity index is 2.22. The van der Waals surface area contributed by atoms with Crippen molar-refractivity contribution in [3.8, 4) is 0 Å². The minimum Gasteiger partial charge on any atom is -0.478 e. The smallest absolute Gasteiger partial charge is 0.335 e. The van der Waals surface area contributed by atoms with E-state index in [-0.39, 0.29) is 23.1 Å². The molecule has 0 aliphatic carbocycles. The maximum atomic E-state index is 13.7. The normalized spacial score (nSPS) is 11.9. The number of hydrogen-bond acceptors (Lipinski definition) is 2. The second-order valence-electron chi connectivity index (χ2n) is 4.42. The van der Waals surface area contributed by atoms with Crippen LogP contribution in [0.3, 0.4) is 0 Å². The molecule has 2 N–H and O–H groups in total. The van der Waals surface area contributed by atoms with Crippen molar-refractivity contribution in [1.82, 2.24) is 0 Å². The van der Waals surface area contributed by atoms with E-state index in [4.69, 9.17) is 5.11 Å². The summed E-state index contributed by atoms with van der Waals surface area (Å²) in [5, 5.41) is 11.8. The van der Waals surface area contributed by atoms with E-state index >= 15 is 0 Å². The first-order valence-electron chi connectivity index (χ1n) is 6.02. The number of halogens is 2. The summed E-state index contributed by atoms with van der Waals surface area (Å²) in [4.78, 5) is 10.9. The zero-order valence-corrected chi connectivity index (χ0v) is 10.7. The SMILES string of the molecule is CC(Nc1cc(C(=O)O)ccc1F)c1ccc(F)cc1. The monoisotopic (exact) mass is 277 g/mol. The second-order valence-corrected chi connectivity index (χ2v) is 4.42. The highest BCUT2D eigenvalue weighted by Crippen LogP contribution is 2.23. The highest BCUT2D eigenvalue weighted by atomic mass is 19.1. The third kappa shape index (κ3) is 3.12. The highest BCUT2D eigenvalue weighted by molar-refractivity contribution is 5.88. The lowest BCUT2D eigenvalue weighted by Crippen LogP contribution is -2.09. The van der Waals surface area contributed by atoms with Gasteiger partial charge in [-0.1, -0.05) is 12.1 Å². The topological polar surface area (TPSA) is 49.3 Å². The summed E-state index contributed by atoms with van der Waals surface area (Å²) in [5.41, 5.74) is 0.869. The fourth-order valence-corrected chi connectivity index (χ4v) is 1.84. The van der Waals surface area contributed by atoms with E-state index < -0.39 is 11.8 Å². The van der Waals surface area contributed by atoms with Gasteiger partial charge in [0.15, 0.2) is 0 Å². The number of carboxylic acids is 1. The van der Waals surface area contributed by atoms with Crippen LogP contribution in [0.5, 0.6) is 0 Å². The molecule has 2 aromatic rings. The van der Waals surface area contributed by atoms with Crippen LogP contribution < -0.4 is 5.32 Å². The summed E-state index contributed by atoms with van der Waals surface area (Å²) in [5.74, 6) is -2.01. The summed E-state index contributed by atoms with van der Waals surface area (Å²) in [6, 6.07) is 9.06. The van der Waals surface area contributed by atoms with Crippen LogP contribution in [0.2, 0.25) is 0 Å². The van der Waals surface area contributed by atoms with Gasteiger partial charge >= 0.3 is 5.97 Å². The lowest BCUT2D eigenvalue weighted by atomic mass is 10.1. The number of aromatic carboxylic acids is 1. The first kappa shape index (κ1) is 14.0. The Kier molecular flexibility index (Phi) is 3.98. The van der Waals surface area contributed by atoms with E-state index in [0.717, 1.165) is 11.6 Å². The summed E-state index contributed by atoms with van der Waals surface area (Å²) < 4.78 is 26.5. The van der Waals surface area contributed by atoms with Crippen molar-refractivity contribution in [3.05, 3.63) is 65.2 Å². The Labute approximate surface area is 114 Å². The largest absolute Gasteiger partial charge is 0.478 e. The van der Waals surface area contributed by atoms with Crippen LogP contribution in [0.15, 0.2) is 42.5 Å². The molecule has 1 unspecified atom stereocenters. The van der Waals surface area contributed by atoms with Crippen molar-refractivity contribution in [1.29, 1.82) is 0 Å². The Morgan fingerprint density at radius 3 is 2.40 bits per heavy atom. The van der Waals surface area contributed by atoms with Crippen molar-refractivity contribution in [2.75, 3.05) is 5.32 Å². The molecule has 2 aromatic carbocycles. The number of rotatable bonds is 4. The molecule has 0 radical (unpaired) electrons. The van der Waals surface area contributed by atoms with Gasteiger partial charge in [-0.15, -0.1) is 0 Å². The van der Waals surface area contributed by atoms with Crippen molar-refractivity contribution < 1.29 is 18.7 Å². The van der Waals surface area contributed by atoms with Crippen LogP contribution in [0.25, 0.3) is 0 Å². The average molecular weight is 277 g/mol. The molecule has 0 heterocycles. The number of benzene rings is 2. The predicted octanol–water partition coefficient (Wildman–Crippen LogP) is 3.84. The molecule has 0 saturated carbocycles. The van der Waals surface area contributed by atoms with Crippen LogP contribution in [0.4, 0.5) is 14.5 Å². The first-order chi connectivity index (χ1) is 9.47. The van der Waals surface area contributed by atoms with Crippen LogP contribution in [0, 0.1) is 11.6 Å². The molecule has 1 atom stereocenters. The van der Waals surface area contributed by atoms with Gasteiger partial charge in [-0.3, -0.25) is 0 Å². The standard InChI is InChI=1S/C15H13F2NO2/c1-9(10-2-5-12(16)6-3-10)18-14-8-11(15(19)20)4-7-13(14)17/h2-9,18H,1H3,(H,19,20). The Morgan fingerprint density at radius 2 is 1.80 bits per heavy atom. The predicted molar refractivity (Wildman–Crippen MR) is 71.8 cm³/mol. The van der Waals surface area contributed by atoms with Gasteiger partial charge in [0.1, 0.15) is 11.6 Å². The zero-order valence-electron chi connectivity index (χ0n) is 10.7. The molecule has 5 heteroatoms. The molecule has 0 bridgehead atoms. The second kappa shape index (κ2) is 5.69. The number of carbonyl (C=O) groups is 1. The third-order valence-electron chi connectivity index (χ3n) is 2.96. The maximum absolute atomic E-state index is 13.7. The zero-order chi connectivity index (χ0) is 14.7. The van der Waals surface area contributed by atoms with E-state index in [9.17, 15) is 13.6 Å². The van der Waals surface area contributed by atoms with E-state index in [2.05, 4.69) is 5.32 Å². The van der Waals surface area contributed by atoms with Gasteiger partial charge < -0.3 is 10.4 Å². The van der Waals surface area contributed by atoms with E-state index in [1.165, 1.54) is 24.3 Å². The summed E-state index contributed by atoms with van der Waals surface area (Å²) in [6.45, 7) is 1.78. The van der Waals surface area contributed by atoms with Crippen molar-refractivity contribution >= 4 is 11.7 Å². The Hall–Kier alpha value is -2.43. The summed E-state index contributed by atoms with van der Waals surface area (Å²) in [6.07, 6.45) is 0. The molecule has 0 saturated heterocycles. The molecule has 0 fully saturated rings. The van der Waals surface area contributed by atoms with E-state index in [1.54, 1.807) is 19.1 Å². The van der Waals surface area contributed by atoms with Gasteiger partial charge in [-0.05, 0) is 42.8 Å². The summed E-state index contributed by atoms with van der Waals surface area (Å²) >= 11 is 0. The van der Waals surface area contributed by atoms with Gasteiger partial charge in [0.2, 0.25) is 0 Å². The Bertz CT molecular complexity index is 626.